The minimum Gasteiger partial charge on any atom is -0.452 e. The first-order chi connectivity index (χ1) is 14.9. The van der Waals surface area contributed by atoms with E-state index in [4.69, 9.17) is 4.74 Å². The van der Waals surface area contributed by atoms with E-state index in [1.807, 2.05) is 24.3 Å². The second kappa shape index (κ2) is 9.48. The van der Waals surface area contributed by atoms with Gasteiger partial charge >= 0.3 is 5.97 Å². The van der Waals surface area contributed by atoms with E-state index in [2.05, 4.69) is 4.98 Å². The minimum atomic E-state index is -3.11. The smallest absolute Gasteiger partial charge is 0.331 e. The number of carbonyl (C=O) groups excluding carboxylic acids is 2. The molecular weight excluding hydrogens is 436 g/mol. The SMILES string of the molecule is O=C(/C=C/c1nc2ccccc2s1)OCC(=O)N(C1CCCCC1)C1CCS(=O)(=O)C1. The number of hydrogen-bond donors (Lipinski definition) is 0. The van der Waals surface area contributed by atoms with E-state index in [9.17, 15) is 18.0 Å². The molecule has 4 rings (SSSR count). The van der Waals surface area contributed by atoms with Crippen molar-refractivity contribution < 1.29 is 22.7 Å². The van der Waals surface area contributed by atoms with Gasteiger partial charge in [0.25, 0.3) is 5.91 Å². The zero-order chi connectivity index (χ0) is 21.8. The minimum absolute atomic E-state index is 0.000690. The van der Waals surface area contributed by atoms with Gasteiger partial charge in [-0.25, -0.2) is 18.2 Å². The summed E-state index contributed by atoms with van der Waals surface area (Å²) in [5, 5.41) is 0.685. The predicted octanol–water partition coefficient (Wildman–Crippen LogP) is 3.20. The third kappa shape index (κ3) is 5.51. The van der Waals surface area contributed by atoms with Crippen molar-refractivity contribution in [1.82, 2.24) is 9.88 Å². The number of sulfone groups is 1. The highest BCUT2D eigenvalue weighted by Crippen LogP contribution is 2.28. The molecular formula is C22H26N2O5S2. The van der Waals surface area contributed by atoms with Crippen LogP contribution in [0.4, 0.5) is 0 Å². The quantitative estimate of drug-likeness (QED) is 0.483. The molecule has 1 aromatic heterocycles. The molecule has 1 amide bonds. The predicted molar refractivity (Wildman–Crippen MR) is 120 cm³/mol. The van der Waals surface area contributed by atoms with E-state index in [0.29, 0.717) is 11.4 Å². The van der Waals surface area contributed by atoms with E-state index in [-0.39, 0.29) is 36.1 Å². The van der Waals surface area contributed by atoms with Crippen LogP contribution in [0.25, 0.3) is 16.3 Å². The van der Waals surface area contributed by atoms with Gasteiger partial charge in [0.1, 0.15) is 5.01 Å². The van der Waals surface area contributed by atoms with Gasteiger partial charge in [-0.1, -0.05) is 31.4 Å². The van der Waals surface area contributed by atoms with Crippen molar-refractivity contribution in [3.63, 3.8) is 0 Å². The molecule has 0 N–H and O–H groups in total. The molecule has 2 heterocycles. The summed E-state index contributed by atoms with van der Waals surface area (Å²) < 4.78 is 30.1. The number of amides is 1. The number of ether oxygens (including phenoxy) is 1. The van der Waals surface area contributed by atoms with Crippen LogP contribution in [0.1, 0.15) is 43.5 Å². The van der Waals surface area contributed by atoms with Gasteiger partial charge in [0.15, 0.2) is 16.4 Å². The van der Waals surface area contributed by atoms with Crippen molar-refractivity contribution in [2.45, 2.75) is 50.6 Å². The molecule has 1 saturated carbocycles. The summed E-state index contributed by atoms with van der Waals surface area (Å²) in [6.07, 6.45) is 8.23. The molecule has 1 saturated heterocycles. The Bertz CT molecular complexity index is 1050. The number of fused-ring (bicyclic) bond motifs is 1. The molecule has 2 aliphatic rings. The van der Waals surface area contributed by atoms with Crippen molar-refractivity contribution in [2.75, 3.05) is 18.1 Å². The molecule has 0 spiro atoms. The van der Waals surface area contributed by atoms with Gasteiger partial charge in [-0.3, -0.25) is 4.79 Å². The van der Waals surface area contributed by atoms with Gasteiger partial charge in [0.2, 0.25) is 0 Å². The van der Waals surface area contributed by atoms with Crippen LogP contribution in [0.5, 0.6) is 0 Å². The van der Waals surface area contributed by atoms with Gasteiger partial charge in [-0.05, 0) is 37.5 Å². The Labute approximate surface area is 186 Å². The number of benzene rings is 1. The third-order valence-electron chi connectivity index (χ3n) is 5.87. The first kappa shape index (κ1) is 22.0. The first-order valence-electron chi connectivity index (χ1n) is 10.6. The summed E-state index contributed by atoms with van der Waals surface area (Å²) >= 11 is 1.47. The summed E-state index contributed by atoms with van der Waals surface area (Å²) in [5.41, 5.74) is 0.866. The highest BCUT2D eigenvalue weighted by Gasteiger charge is 2.38. The summed E-state index contributed by atoms with van der Waals surface area (Å²) in [6, 6.07) is 7.41. The lowest BCUT2D eigenvalue weighted by molar-refractivity contribution is -0.151. The van der Waals surface area contributed by atoms with Crippen LogP contribution in [0.3, 0.4) is 0 Å². The standard InChI is InChI=1S/C22H26N2O5S2/c25-21(24(16-6-2-1-3-7-16)17-12-13-31(27,28)15-17)14-29-22(26)11-10-20-23-18-8-4-5-9-19(18)30-20/h4-5,8-11,16-17H,1-3,6-7,12-15H2/b11-10+. The molecule has 0 bridgehead atoms. The Kier molecular flexibility index (Phi) is 6.71. The maximum Gasteiger partial charge on any atom is 0.331 e. The Morgan fingerprint density at radius 1 is 1.13 bits per heavy atom. The van der Waals surface area contributed by atoms with Crippen molar-refractivity contribution >= 4 is 49.3 Å². The monoisotopic (exact) mass is 462 g/mol. The number of hydrogen-bond acceptors (Lipinski definition) is 7. The molecule has 166 valence electrons. The molecule has 31 heavy (non-hydrogen) atoms. The zero-order valence-electron chi connectivity index (χ0n) is 17.2. The molecule has 1 aromatic carbocycles. The first-order valence-corrected chi connectivity index (χ1v) is 13.3. The summed E-state index contributed by atoms with van der Waals surface area (Å²) in [4.78, 5) is 31.2. The molecule has 1 unspecified atom stereocenters. The van der Waals surface area contributed by atoms with Crippen LogP contribution in [0.2, 0.25) is 0 Å². The van der Waals surface area contributed by atoms with Crippen LogP contribution in [-0.4, -0.2) is 60.4 Å². The molecule has 1 aliphatic carbocycles. The maximum atomic E-state index is 13.0. The second-order valence-electron chi connectivity index (χ2n) is 8.11. The number of thiazole rings is 1. The number of aromatic nitrogens is 1. The van der Waals surface area contributed by atoms with E-state index in [1.54, 1.807) is 11.0 Å². The van der Waals surface area contributed by atoms with E-state index in [0.717, 1.165) is 42.3 Å². The van der Waals surface area contributed by atoms with Crippen LogP contribution < -0.4 is 0 Å². The Morgan fingerprint density at radius 2 is 1.90 bits per heavy atom. The third-order valence-corrected chi connectivity index (χ3v) is 8.62. The Balaban J connectivity index is 1.37. The lowest BCUT2D eigenvalue weighted by atomic mass is 9.93. The van der Waals surface area contributed by atoms with E-state index in [1.165, 1.54) is 17.4 Å². The summed E-state index contributed by atoms with van der Waals surface area (Å²) in [5.74, 6) is -0.814. The fourth-order valence-electron chi connectivity index (χ4n) is 4.42. The molecule has 2 aromatic rings. The molecule has 9 heteroatoms. The average molecular weight is 463 g/mol. The number of esters is 1. The van der Waals surface area contributed by atoms with Crippen molar-refractivity contribution in [3.8, 4) is 0 Å². The number of carbonyl (C=O) groups is 2. The molecule has 2 fully saturated rings. The van der Waals surface area contributed by atoms with Crippen LogP contribution >= 0.6 is 11.3 Å². The van der Waals surface area contributed by atoms with Gasteiger partial charge < -0.3 is 9.64 Å². The number of nitrogens with zero attached hydrogens (tertiary/aromatic N) is 2. The van der Waals surface area contributed by atoms with Crippen molar-refractivity contribution in [3.05, 3.63) is 35.3 Å². The van der Waals surface area contributed by atoms with Crippen molar-refractivity contribution in [2.24, 2.45) is 0 Å². The topological polar surface area (TPSA) is 93.6 Å². The molecule has 0 radical (unpaired) electrons. The lowest BCUT2D eigenvalue weighted by Crippen LogP contribution is -2.50. The highest BCUT2D eigenvalue weighted by atomic mass is 32.2. The number of para-hydroxylation sites is 1. The van der Waals surface area contributed by atoms with Crippen molar-refractivity contribution in [1.29, 1.82) is 0 Å². The zero-order valence-corrected chi connectivity index (χ0v) is 18.9. The summed E-state index contributed by atoms with van der Waals surface area (Å²) in [6.45, 7) is -0.379. The number of rotatable bonds is 6. The van der Waals surface area contributed by atoms with Gasteiger partial charge in [0.05, 0.1) is 21.7 Å². The largest absolute Gasteiger partial charge is 0.452 e. The maximum absolute atomic E-state index is 13.0. The molecule has 1 aliphatic heterocycles. The van der Waals surface area contributed by atoms with Crippen LogP contribution in [-0.2, 0) is 24.2 Å². The normalized spacial score (nSPS) is 21.5. The average Bonchev–Trinajstić information content (AvgIpc) is 3.34. The van der Waals surface area contributed by atoms with Crippen LogP contribution in [0, 0.1) is 0 Å². The molecule has 1 atom stereocenters. The van der Waals surface area contributed by atoms with Gasteiger partial charge in [-0.15, -0.1) is 11.3 Å². The lowest BCUT2D eigenvalue weighted by Gasteiger charge is -2.38. The summed E-state index contributed by atoms with van der Waals surface area (Å²) in [7, 11) is -3.11. The second-order valence-corrected chi connectivity index (χ2v) is 11.4. The Hall–Kier alpha value is -2.26. The van der Waals surface area contributed by atoms with Crippen LogP contribution in [0.15, 0.2) is 30.3 Å². The highest BCUT2D eigenvalue weighted by molar-refractivity contribution is 7.91. The van der Waals surface area contributed by atoms with Gasteiger partial charge in [-0.2, -0.15) is 0 Å². The fraction of sp³-hybridized carbons (Fsp3) is 0.500. The van der Waals surface area contributed by atoms with E-state index >= 15 is 0 Å². The molecule has 7 nitrogen and oxygen atoms in total. The van der Waals surface area contributed by atoms with E-state index < -0.39 is 15.8 Å². The van der Waals surface area contributed by atoms with Gasteiger partial charge in [0, 0.05) is 18.2 Å². The fourth-order valence-corrected chi connectivity index (χ4v) is 7.00. The Morgan fingerprint density at radius 3 is 2.61 bits per heavy atom.